The lowest BCUT2D eigenvalue weighted by Gasteiger charge is -2.03. The van der Waals surface area contributed by atoms with Crippen molar-refractivity contribution >= 4 is 11.9 Å². The molecule has 0 saturated heterocycles. The number of hydrogen-bond acceptors (Lipinski definition) is 4. The molecule has 5 aromatic rings. The van der Waals surface area contributed by atoms with E-state index in [1.54, 1.807) is 29.1 Å². The van der Waals surface area contributed by atoms with E-state index in [0.717, 1.165) is 11.3 Å². The van der Waals surface area contributed by atoms with Crippen LogP contribution in [0.4, 0.5) is 10.3 Å². The van der Waals surface area contributed by atoms with Crippen LogP contribution in [-0.2, 0) is 6.54 Å². The third kappa shape index (κ3) is 4.40. The number of para-hydroxylation sites is 1. The molecule has 33 heavy (non-hydrogen) atoms. The van der Waals surface area contributed by atoms with E-state index in [2.05, 4.69) is 20.5 Å². The number of nitrogens with zero attached hydrogens (tertiary/aromatic N) is 5. The van der Waals surface area contributed by atoms with Crippen LogP contribution in [0.1, 0.15) is 15.9 Å². The van der Waals surface area contributed by atoms with Gasteiger partial charge in [0.15, 0.2) is 0 Å². The fraction of sp³-hybridized carbons (Fsp3) is 0.0400. The summed E-state index contributed by atoms with van der Waals surface area (Å²) in [7, 11) is 0. The van der Waals surface area contributed by atoms with Gasteiger partial charge in [0.25, 0.3) is 5.91 Å². The van der Waals surface area contributed by atoms with Gasteiger partial charge in [-0.15, -0.1) is 5.10 Å². The molecule has 7 nitrogen and oxygen atoms in total. The Morgan fingerprint density at radius 1 is 0.879 bits per heavy atom. The van der Waals surface area contributed by atoms with Gasteiger partial charge in [-0.1, -0.05) is 66.7 Å². The molecular formula is C25H19FN6O. The summed E-state index contributed by atoms with van der Waals surface area (Å²) in [5.41, 5.74) is 3.06. The van der Waals surface area contributed by atoms with Crippen LogP contribution < -0.4 is 5.32 Å². The smallest absolute Gasteiger partial charge is 0.261 e. The maximum atomic E-state index is 13.9. The molecule has 3 aromatic carbocycles. The third-order valence-corrected chi connectivity index (χ3v) is 5.08. The molecular weight excluding hydrogens is 419 g/mol. The minimum atomic E-state index is -0.389. The minimum absolute atomic E-state index is 0.128. The SMILES string of the molecule is O=C(Nc1ncn(Cc2ccccc2F)n1)c1cn(-c2ccccc2)nc1-c1ccccc1. The first-order chi connectivity index (χ1) is 16.2. The van der Waals surface area contributed by atoms with Crippen molar-refractivity contribution in [2.45, 2.75) is 6.54 Å². The van der Waals surface area contributed by atoms with E-state index in [-0.39, 0.29) is 24.2 Å². The zero-order chi connectivity index (χ0) is 22.6. The van der Waals surface area contributed by atoms with Crippen molar-refractivity contribution in [3.05, 3.63) is 114 Å². The van der Waals surface area contributed by atoms with Gasteiger partial charge in [-0.2, -0.15) is 5.10 Å². The molecule has 2 aromatic heterocycles. The van der Waals surface area contributed by atoms with Crippen molar-refractivity contribution in [2.75, 3.05) is 5.32 Å². The highest BCUT2D eigenvalue weighted by atomic mass is 19.1. The number of anilines is 1. The van der Waals surface area contributed by atoms with Gasteiger partial charge in [0.2, 0.25) is 5.95 Å². The number of amides is 1. The Morgan fingerprint density at radius 2 is 1.58 bits per heavy atom. The van der Waals surface area contributed by atoms with Gasteiger partial charge in [-0.05, 0) is 18.2 Å². The number of carbonyl (C=O) groups excluding carboxylic acids is 1. The number of carbonyl (C=O) groups is 1. The number of aromatic nitrogens is 5. The zero-order valence-electron chi connectivity index (χ0n) is 17.5. The van der Waals surface area contributed by atoms with Crippen LogP contribution in [0.3, 0.4) is 0 Å². The van der Waals surface area contributed by atoms with Crippen LogP contribution in [-0.4, -0.2) is 30.5 Å². The van der Waals surface area contributed by atoms with Crippen LogP contribution in [0, 0.1) is 5.82 Å². The predicted molar refractivity (Wildman–Crippen MR) is 122 cm³/mol. The Hall–Kier alpha value is -4.59. The molecule has 5 rings (SSSR count). The minimum Gasteiger partial charge on any atom is -0.289 e. The van der Waals surface area contributed by atoms with Crippen molar-refractivity contribution in [1.82, 2.24) is 24.5 Å². The molecule has 0 spiro atoms. The highest BCUT2D eigenvalue weighted by molar-refractivity contribution is 6.07. The van der Waals surface area contributed by atoms with E-state index in [9.17, 15) is 9.18 Å². The van der Waals surface area contributed by atoms with Gasteiger partial charge in [-0.25, -0.2) is 18.7 Å². The summed E-state index contributed by atoms with van der Waals surface area (Å²) < 4.78 is 17.1. The van der Waals surface area contributed by atoms with Crippen LogP contribution in [0.2, 0.25) is 0 Å². The van der Waals surface area contributed by atoms with E-state index in [1.165, 1.54) is 17.1 Å². The Kier molecular flexibility index (Phi) is 5.47. The quantitative estimate of drug-likeness (QED) is 0.421. The van der Waals surface area contributed by atoms with Crippen molar-refractivity contribution in [3.8, 4) is 16.9 Å². The molecule has 162 valence electrons. The number of rotatable bonds is 6. The fourth-order valence-corrected chi connectivity index (χ4v) is 3.46. The molecule has 0 aliphatic carbocycles. The fourth-order valence-electron chi connectivity index (χ4n) is 3.46. The Morgan fingerprint density at radius 3 is 2.33 bits per heavy atom. The highest BCUT2D eigenvalue weighted by Crippen LogP contribution is 2.24. The maximum Gasteiger partial charge on any atom is 0.261 e. The van der Waals surface area contributed by atoms with Crippen LogP contribution in [0.15, 0.2) is 97.5 Å². The van der Waals surface area contributed by atoms with Crippen molar-refractivity contribution in [3.63, 3.8) is 0 Å². The number of benzene rings is 3. The summed E-state index contributed by atoms with van der Waals surface area (Å²) in [6.07, 6.45) is 3.14. The summed E-state index contributed by atoms with van der Waals surface area (Å²) in [6.45, 7) is 0.205. The summed E-state index contributed by atoms with van der Waals surface area (Å²) in [5.74, 6) is -0.582. The highest BCUT2D eigenvalue weighted by Gasteiger charge is 2.20. The second-order valence-corrected chi connectivity index (χ2v) is 7.35. The molecule has 0 aliphatic rings. The third-order valence-electron chi connectivity index (χ3n) is 5.08. The summed E-state index contributed by atoms with van der Waals surface area (Å²) in [6, 6.07) is 25.5. The van der Waals surface area contributed by atoms with E-state index in [1.807, 2.05) is 60.7 Å². The van der Waals surface area contributed by atoms with Gasteiger partial charge in [0.05, 0.1) is 17.8 Å². The number of hydrogen-bond donors (Lipinski definition) is 1. The monoisotopic (exact) mass is 438 g/mol. The van der Waals surface area contributed by atoms with Crippen molar-refractivity contribution < 1.29 is 9.18 Å². The number of nitrogens with one attached hydrogen (secondary N) is 1. The molecule has 2 heterocycles. The lowest BCUT2D eigenvalue weighted by Crippen LogP contribution is -2.14. The molecule has 0 aliphatic heterocycles. The Bertz CT molecular complexity index is 1390. The molecule has 1 N–H and O–H groups in total. The van der Waals surface area contributed by atoms with E-state index < -0.39 is 0 Å². The second kappa shape index (κ2) is 8.88. The largest absolute Gasteiger partial charge is 0.289 e. The van der Waals surface area contributed by atoms with Crippen molar-refractivity contribution in [1.29, 1.82) is 0 Å². The first-order valence-electron chi connectivity index (χ1n) is 10.3. The average molecular weight is 438 g/mol. The lowest BCUT2D eigenvalue weighted by molar-refractivity contribution is 0.102. The first kappa shape index (κ1) is 20.3. The molecule has 0 fully saturated rings. The molecule has 0 bridgehead atoms. The Labute approximate surface area is 189 Å². The Balaban J connectivity index is 1.42. The van der Waals surface area contributed by atoms with E-state index in [0.29, 0.717) is 16.8 Å². The molecule has 0 radical (unpaired) electrons. The standard InChI is InChI=1S/C25H19FN6O/c26-22-14-8-7-11-19(22)15-31-17-27-25(30-31)28-24(33)21-16-32(20-12-5-2-6-13-20)29-23(21)18-9-3-1-4-10-18/h1-14,16-17H,15H2,(H,28,30,33). The van der Waals surface area contributed by atoms with Crippen LogP contribution in [0.25, 0.3) is 16.9 Å². The number of halogens is 1. The lowest BCUT2D eigenvalue weighted by atomic mass is 10.1. The van der Waals surface area contributed by atoms with Crippen molar-refractivity contribution in [2.24, 2.45) is 0 Å². The molecule has 0 atom stereocenters. The molecule has 8 heteroatoms. The van der Waals surface area contributed by atoms with Gasteiger partial charge < -0.3 is 0 Å². The zero-order valence-corrected chi connectivity index (χ0v) is 17.5. The van der Waals surface area contributed by atoms with Gasteiger partial charge in [0, 0.05) is 17.3 Å². The van der Waals surface area contributed by atoms with Gasteiger partial charge in [-0.3, -0.25) is 10.1 Å². The van der Waals surface area contributed by atoms with E-state index in [4.69, 9.17) is 0 Å². The normalized spacial score (nSPS) is 10.8. The summed E-state index contributed by atoms with van der Waals surface area (Å²) in [4.78, 5) is 17.3. The van der Waals surface area contributed by atoms with Gasteiger partial charge in [0.1, 0.15) is 17.8 Å². The molecule has 0 saturated carbocycles. The topological polar surface area (TPSA) is 77.6 Å². The maximum absolute atomic E-state index is 13.9. The van der Waals surface area contributed by atoms with Gasteiger partial charge >= 0.3 is 0 Å². The van der Waals surface area contributed by atoms with Crippen LogP contribution >= 0.6 is 0 Å². The summed E-state index contributed by atoms with van der Waals surface area (Å²) in [5, 5.41) is 11.6. The van der Waals surface area contributed by atoms with E-state index >= 15 is 0 Å². The summed E-state index contributed by atoms with van der Waals surface area (Å²) >= 11 is 0. The first-order valence-corrected chi connectivity index (χ1v) is 10.3. The second-order valence-electron chi connectivity index (χ2n) is 7.35. The molecule has 0 unspecified atom stereocenters. The predicted octanol–water partition coefficient (Wildman–Crippen LogP) is 4.57. The molecule has 1 amide bonds. The average Bonchev–Trinajstić information content (AvgIpc) is 3.49. The van der Waals surface area contributed by atoms with Crippen LogP contribution in [0.5, 0.6) is 0 Å².